The average molecular weight is 465 g/mol. The van der Waals surface area contributed by atoms with Crippen molar-refractivity contribution < 1.29 is 19.2 Å². The molecule has 2 unspecified atom stereocenters. The molecule has 2 aromatic rings. The number of rotatable bonds is 5. The summed E-state index contributed by atoms with van der Waals surface area (Å²) >= 11 is 0. The number of nitrogens with zero attached hydrogens (tertiary/aromatic N) is 4. The molecule has 10 heteroatoms. The van der Waals surface area contributed by atoms with Crippen molar-refractivity contribution >= 4 is 29.3 Å². The fourth-order valence-electron chi connectivity index (χ4n) is 5.27. The van der Waals surface area contributed by atoms with Crippen LogP contribution in [-0.2, 0) is 28.0 Å². The Morgan fingerprint density at radius 3 is 2.76 bits per heavy atom. The number of hydrogen-bond donors (Lipinski definition) is 2. The highest BCUT2D eigenvalue weighted by Crippen LogP contribution is 2.33. The third-order valence-corrected chi connectivity index (χ3v) is 7.04. The average Bonchev–Trinajstić information content (AvgIpc) is 3.41. The lowest BCUT2D eigenvalue weighted by molar-refractivity contribution is -0.137. The van der Waals surface area contributed by atoms with Gasteiger partial charge < -0.3 is 15.1 Å². The molecule has 5 rings (SSSR count). The van der Waals surface area contributed by atoms with Crippen LogP contribution < -0.4 is 10.6 Å². The van der Waals surface area contributed by atoms with E-state index in [4.69, 9.17) is 0 Å². The molecule has 1 aromatic heterocycles. The zero-order chi connectivity index (χ0) is 23.8. The number of piperidine rings is 2. The molecule has 0 bridgehead atoms. The lowest BCUT2D eigenvalue weighted by atomic mass is 9.99. The third-order valence-electron chi connectivity index (χ3n) is 7.04. The van der Waals surface area contributed by atoms with Gasteiger partial charge in [0.25, 0.3) is 5.91 Å². The fraction of sp³-hybridized carbons (Fsp3) is 0.458. The maximum atomic E-state index is 13.2. The van der Waals surface area contributed by atoms with Crippen molar-refractivity contribution in [3.05, 3.63) is 47.3 Å². The Hall–Kier alpha value is -3.69. The van der Waals surface area contributed by atoms with E-state index in [0.717, 1.165) is 30.5 Å². The Morgan fingerprint density at radius 2 is 2.00 bits per heavy atom. The van der Waals surface area contributed by atoms with E-state index in [1.165, 1.54) is 4.90 Å². The Kier molecular flexibility index (Phi) is 5.80. The number of amides is 4. The topological polar surface area (TPSA) is 117 Å². The zero-order valence-electron chi connectivity index (χ0n) is 19.1. The number of carbonyl (C=O) groups is 4. The molecule has 0 spiro atoms. The first-order valence-electron chi connectivity index (χ1n) is 11.7. The van der Waals surface area contributed by atoms with Gasteiger partial charge in [-0.15, -0.1) is 0 Å². The molecule has 1 aromatic carbocycles. The number of aryl methyl sites for hydroxylation is 1. The highest BCUT2D eigenvalue weighted by Gasteiger charge is 2.40. The van der Waals surface area contributed by atoms with Crippen molar-refractivity contribution in [2.45, 2.75) is 50.7 Å². The highest BCUT2D eigenvalue weighted by molar-refractivity contribution is 6.06. The second-order valence-electron chi connectivity index (χ2n) is 9.06. The molecule has 0 radical (unpaired) electrons. The van der Waals surface area contributed by atoms with Crippen LogP contribution in [0.2, 0.25) is 0 Å². The number of benzene rings is 1. The highest BCUT2D eigenvalue weighted by atomic mass is 16.2. The van der Waals surface area contributed by atoms with E-state index in [1.54, 1.807) is 18.3 Å². The summed E-state index contributed by atoms with van der Waals surface area (Å²) in [6, 6.07) is 6.66. The summed E-state index contributed by atoms with van der Waals surface area (Å²) in [6.07, 6.45) is 5.22. The number of aromatic nitrogens is 2. The van der Waals surface area contributed by atoms with Crippen molar-refractivity contribution in [3.8, 4) is 0 Å². The van der Waals surface area contributed by atoms with Gasteiger partial charge >= 0.3 is 0 Å². The van der Waals surface area contributed by atoms with Gasteiger partial charge in [0, 0.05) is 49.6 Å². The van der Waals surface area contributed by atoms with Crippen LogP contribution in [-0.4, -0.2) is 62.3 Å². The quantitative estimate of drug-likeness (QED) is 0.645. The number of carbonyl (C=O) groups excluding carboxylic acids is 4. The van der Waals surface area contributed by atoms with Crippen LogP contribution in [0.1, 0.15) is 59.8 Å². The Morgan fingerprint density at radius 1 is 1.15 bits per heavy atom. The Balaban J connectivity index is 1.29. The van der Waals surface area contributed by atoms with Gasteiger partial charge in [-0.25, -0.2) is 0 Å². The van der Waals surface area contributed by atoms with Gasteiger partial charge in [0.15, 0.2) is 0 Å². The van der Waals surface area contributed by atoms with Crippen LogP contribution >= 0.6 is 0 Å². The Labute approximate surface area is 197 Å². The maximum Gasteiger partial charge on any atom is 0.255 e. The lowest BCUT2D eigenvalue weighted by Gasteiger charge is -2.36. The molecule has 2 atom stereocenters. The normalized spacial score (nSPS) is 22.6. The molecule has 3 aliphatic rings. The second-order valence-corrected chi connectivity index (χ2v) is 9.06. The summed E-state index contributed by atoms with van der Waals surface area (Å²) in [5.74, 6) is -0.983. The van der Waals surface area contributed by atoms with Crippen molar-refractivity contribution in [3.63, 3.8) is 0 Å². The van der Waals surface area contributed by atoms with Crippen molar-refractivity contribution in [2.75, 3.05) is 18.4 Å². The van der Waals surface area contributed by atoms with Gasteiger partial charge in [0.1, 0.15) is 6.04 Å². The number of hydrogen-bond acceptors (Lipinski definition) is 6. The van der Waals surface area contributed by atoms with E-state index in [1.807, 2.05) is 28.8 Å². The summed E-state index contributed by atoms with van der Waals surface area (Å²) in [7, 11) is 1.89. The summed E-state index contributed by atoms with van der Waals surface area (Å²) in [5.41, 5.74) is 3.03. The lowest BCUT2D eigenvalue weighted by Crippen LogP contribution is -2.52. The van der Waals surface area contributed by atoms with Crippen molar-refractivity contribution in [1.82, 2.24) is 24.9 Å². The molecule has 0 aliphatic carbocycles. The SMILES string of the molecule is Cn1nccc1C1CCCCN1C(=O)CNc1cccc2c1CN(C1CCC(=O)NC1=O)C2=O. The molecule has 2 N–H and O–H groups in total. The first-order chi connectivity index (χ1) is 16.4. The van der Waals surface area contributed by atoms with Gasteiger partial charge in [-0.05, 0) is 43.9 Å². The van der Waals surface area contributed by atoms with Crippen LogP contribution in [0, 0.1) is 0 Å². The van der Waals surface area contributed by atoms with E-state index in [9.17, 15) is 19.2 Å². The molecule has 0 saturated carbocycles. The number of nitrogens with one attached hydrogen (secondary N) is 2. The van der Waals surface area contributed by atoms with Gasteiger partial charge in [0.05, 0.1) is 18.3 Å². The summed E-state index contributed by atoms with van der Waals surface area (Å²) in [6.45, 7) is 1.07. The van der Waals surface area contributed by atoms with Crippen molar-refractivity contribution in [1.29, 1.82) is 0 Å². The molecule has 3 aliphatic heterocycles. The molecular weight excluding hydrogens is 436 g/mol. The maximum absolute atomic E-state index is 13.2. The number of imide groups is 1. The van der Waals surface area contributed by atoms with E-state index in [2.05, 4.69) is 15.7 Å². The van der Waals surface area contributed by atoms with Crippen LogP contribution in [0.3, 0.4) is 0 Å². The fourth-order valence-corrected chi connectivity index (χ4v) is 5.27. The minimum Gasteiger partial charge on any atom is -0.376 e. The molecule has 10 nitrogen and oxygen atoms in total. The predicted molar refractivity (Wildman–Crippen MR) is 122 cm³/mol. The van der Waals surface area contributed by atoms with E-state index >= 15 is 0 Å². The van der Waals surface area contributed by atoms with Gasteiger partial charge in [0.2, 0.25) is 17.7 Å². The summed E-state index contributed by atoms with van der Waals surface area (Å²) in [4.78, 5) is 53.5. The van der Waals surface area contributed by atoms with Crippen LogP contribution in [0.5, 0.6) is 0 Å². The Bertz CT molecular complexity index is 1160. The van der Waals surface area contributed by atoms with Crippen LogP contribution in [0.15, 0.2) is 30.5 Å². The standard InChI is InChI=1S/C24H28N6O4/c1-28-18(10-11-26-28)19-7-2-3-12-29(19)22(32)13-25-17-6-4-5-15-16(17)14-30(24(15)34)20-8-9-21(31)27-23(20)33/h4-6,10-11,19-20,25H,2-3,7-9,12-14H2,1H3,(H,27,31,33). The monoisotopic (exact) mass is 464 g/mol. The summed E-state index contributed by atoms with van der Waals surface area (Å²) in [5, 5.41) is 9.82. The largest absolute Gasteiger partial charge is 0.376 e. The predicted octanol–water partition coefficient (Wildman–Crippen LogP) is 1.35. The molecule has 4 amide bonds. The van der Waals surface area contributed by atoms with Gasteiger partial charge in [-0.2, -0.15) is 5.10 Å². The molecule has 2 saturated heterocycles. The smallest absolute Gasteiger partial charge is 0.255 e. The number of anilines is 1. The number of fused-ring (bicyclic) bond motifs is 1. The van der Waals surface area contributed by atoms with E-state index in [0.29, 0.717) is 24.2 Å². The first-order valence-corrected chi connectivity index (χ1v) is 11.7. The van der Waals surface area contributed by atoms with E-state index in [-0.39, 0.29) is 43.3 Å². The first kappa shape index (κ1) is 22.1. The molecule has 178 valence electrons. The zero-order valence-corrected chi connectivity index (χ0v) is 19.1. The number of likely N-dealkylation sites (tertiary alicyclic amines) is 1. The third kappa shape index (κ3) is 3.93. The van der Waals surface area contributed by atoms with E-state index < -0.39 is 11.9 Å². The van der Waals surface area contributed by atoms with Crippen LogP contribution in [0.25, 0.3) is 0 Å². The van der Waals surface area contributed by atoms with Gasteiger partial charge in [-0.1, -0.05) is 6.07 Å². The molecule has 4 heterocycles. The summed E-state index contributed by atoms with van der Waals surface area (Å²) < 4.78 is 1.82. The minimum absolute atomic E-state index is 0.00151. The molecular formula is C24H28N6O4. The second kappa shape index (κ2) is 8.92. The molecule has 2 fully saturated rings. The minimum atomic E-state index is -0.667. The van der Waals surface area contributed by atoms with Crippen LogP contribution in [0.4, 0.5) is 5.69 Å². The van der Waals surface area contributed by atoms with Gasteiger partial charge in [-0.3, -0.25) is 29.2 Å². The molecule has 34 heavy (non-hydrogen) atoms. The van der Waals surface area contributed by atoms with Crippen molar-refractivity contribution in [2.24, 2.45) is 7.05 Å².